The number of para-hydroxylation sites is 1. The van der Waals surface area contributed by atoms with E-state index in [1.807, 2.05) is 55.5 Å². The molecule has 0 bridgehead atoms. The van der Waals surface area contributed by atoms with Crippen LogP contribution in [0.2, 0.25) is 0 Å². The van der Waals surface area contributed by atoms with E-state index in [4.69, 9.17) is 4.42 Å². The van der Waals surface area contributed by atoms with Crippen molar-refractivity contribution < 1.29 is 9.21 Å². The Labute approximate surface area is 153 Å². The van der Waals surface area contributed by atoms with Crippen LogP contribution in [0.1, 0.15) is 40.0 Å². The molecule has 0 saturated heterocycles. The average molecular weight is 351 g/mol. The highest BCUT2D eigenvalue weighted by Crippen LogP contribution is 2.27. The number of aromatic nitrogens is 1. The fourth-order valence-corrected chi connectivity index (χ4v) is 2.64. The fourth-order valence-electron chi connectivity index (χ4n) is 2.64. The summed E-state index contributed by atoms with van der Waals surface area (Å²) >= 11 is 0. The van der Waals surface area contributed by atoms with Gasteiger partial charge in [-0.15, -0.1) is 0 Å². The van der Waals surface area contributed by atoms with Gasteiger partial charge in [-0.3, -0.25) is 4.79 Å². The van der Waals surface area contributed by atoms with E-state index in [-0.39, 0.29) is 17.4 Å². The Morgan fingerprint density at radius 1 is 1.12 bits per heavy atom. The van der Waals surface area contributed by atoms with Crippen LogP contribution in [0, 0.1) is 0 Å². The first kappa shape index (κ1) is 18.0. The number of rotatable bonds is 5. The second-order valence-corrected chi connectivity index (χ2v) is 7.41. The Kier molecular flexibility index (Phi) is 4.98. The first-order valence-corrected chi connectivity index (χ1v) is 8.90. The summed E-state index contributed by atoms with van der Waals surface area (Å²) in [5.74, 6) is 0.614. The largest absolute Gasteiger partial charge is 0.440 e. The van der Waals surface area contributed by atoms with Gasteiger partial charge in [-0.05, 0) is 36.8 Å². The van der Waals surface area contributed by atoms with E-state index in [0.29, 0.717) is 18.0 Å². The monoisotopic (exact) mass is 351 g/mol. The molecular weight excluding hydrogens is 326 g/mol. The highest BCUT2D eigenvalue weighted by molar-refractivity contribution is 5.97. The van der Waals surface area contributed by atoms with Crippen molar-refractivity contribution in [2.24, 2.45) is 0 Å². The van der Waals surface area contributed by atoms with Crippen LogP contribution in [-0.2, 0) is 10.2 Å². The summed E-state index contributed by atoms with van der Waals surface area (Å²) in [6, 6.07) is 15.0. The Morgan fingerprint density at radius 2 is 1.85 bits per heavy atom. The van der Waals surface area contributed by atoms with Gasteiger partial charge in [0.15, 0.2) is 5.58 Å². The number of oxazole rings is 1. The molecule has 3 aromatic rings. The van der Waals surface area contributed by atoms with Crippen LogP contribution < -0.4 is 10.6 Å². The molecule has 1 heterocycles. The zero-order valence-electron chi connectivity index (χ0n) is 15.7. The number of nitrogens with one attached hydrogen (secondary N) is 2. The zero-order valence-corrected chi connectivity index (χ0v) is 15.7. The number of fused-ring (bicyclic) bond motifs is 1. The lowest BCUT2D eigenvalue weighted by molar-refractivity contribution is -0.116. The van der Waals surface area contributed by atoms with Crippen LogP contribution in [-0.4, -0.2) is 16.9 Å². The van der Waals surface area contributed by atoms with Crippen molar-refractivity contribution in [3.05, 3.63) is 54.4 Å². The van der Waals surface area contributed by atoms with Crippen LogP contribution in [0.4, 0.5) is 11.4 Å². The molecule has 136 valence electrons. The van der Waals surface area contributed by atoms with E-state index in [0.717, 1.165) is 16.8 Å². The molecule has 1 amide bonds. The van der Waals surface area contributed by atoms with Gasteiger partial charge in [0.1, 0.15) is 11.6 Å². The number of carbonyl (C=O) groups is 1. The van der Waals surface area contributed by atoms with E-state index in [1.54, 1.807) is 0 Å². The van der Waals surface area contributed by atoms with Gasteiger partial charge in [-0.2, -0.15) is 0 Å². The molecule has 26 heavy (non-hydrogen) atoms. The van der Waals surface area contributed by atoms with Crippen LogP contribution in [0.3, 0.4) is 0 Å². The zero-order chi connectivity index (χ0) is 18.7. The normalized spacial score (nSPS) is 12.8. The molecule has 1 aromatic heterocycles. The van der Waals surface area contributed by atoms with Crippen molar-refractivity contribution in [2.45, 2.75) is 45.6 Å². The van der Waals surface area contributed by atoms with Gasteiger partial charge in [0.25, 0.3) is 0 Å². The predicted octanol–water partition coefficient (Wildman–Crippen LogP) is 4.95. The van der Waals surface area contributed by atoms with Gasteiger partial charge < -0.3 is 15.1 Å². The van der Waals surface area contributed by atoms with E-state index in [9.17, 15) is 4.79 Å². The van der Waals surface area contributed by atoms with E-state index in [2.05, 4.69) is 36.4 Å². The second kappa shape index (κ2) is 7.20. The summed E-state index contributed by atoms with van der Waals surface area (Å²) in [4.78, 5) is 17.2. The number of nitrogens with zero attached hydrogens (tertiary/aromatic N) is 1. The highest BCUT2D eigenvalue weighted by Gasteiger charge is 2.21. The maximum Gasteiger partial charge on any atom is 0.246 e. The lowest BCUT2D eigenvalue weighted by Crippen LogP contribution is -2.34. The molecular formula is C21H25N3O2. The van der Waals surface area contributed by atoms with Gasteiger partial charge in [-0.1, -0.05) is 45.9 Å². The minimum Gasteiger partial charge on any atom is -0.440 e. The molecule has 0 unspecified atom stereocenters. The first-order valence-electron chi connectivity index (χ1n) is 8.90. The molecule has 2 aromatic carbocycles. The summed E-state index contributed by atoms with van der Waals surface area (Å²) in [6.45, 7) is 8.15. The van der Waals surface area contributed by atoms with Crippen LogP contribution in [0.15, 0.2) is 52.9 Å². The number of hydrogen-bond donors (Lipinski definition) is 2. The minimum absolute atomic E-state index is 0.0738. The number of hydrogen-bond acceptors (Lipinski definition) is 4. The van der Waals surface area contributed by atoms with Gasteiger partial charge in [0, 0.05) is 16.8 Å². The molecule has 5 heteroatoms. The van der Waals surface area contributed by atoms with E-state index < -0.39 is 0 Å². The third-order valence-electron chi connectivity index (χ3n) is 4.14. The van der Waals surface area contributed by atoms with Crippen molar-refractivity contribution in [3.63, 3.8) is 0 Å². The summed E-state index contributed by atoms with van der Waals surface area (Å²) in [7, 11) is 0. The molecule has 0 spiro atoms. The Morgan fingerprint density at radius 3 is 2.50 bits per heavy atom. The maximum atomic E-state index is 12.6. The number of carbonyl (C=O) groups excluding carboxylic acids is 1. The molecule has 0 aliphatic rings. The Bertz CT molecular complexity index is 895. The molecule has 0 saturated carbocycles. The molecule has 0 aliphatic carbocycles. The Balaban J connectivity index is 1.75. The van der Waals surface area contributed by atoms with Crippen molar-refractivity contribution in [3.8, 4) is 0 Å². The van der Waals surface area contributed by atoms with Gasteiger partial charge in [0.05, 0.1) is 0 Å². The fraction of sp³-hybridized carbons (Fsp3) is 0.333. The quantitative estimate of drug-likeness (QED) is 0.682. The lowest BCUT2D eigenvalue weighted by atomic mass is 9.97. The van der Waals surface area contributed by atoms with E-state index in [1.165, 1.54) is 0 Å². The SMILES string of the molecule is CC[C@@H](Nc1ccccc1)C(=O)Nc1ccc2oc(C(C)(C)C)nc2c1. The minimum atomic E-state index is -0.310. The number of benzene rings is 2. The second-order valence-electron chi connectivity index (χ2n) is 7.41. The smallest absolute Gasteiger partial charge is 0.246 e. The molecule has 0 aliphatic heterocycles. The topological polar surface area (TPSA) is 67.2 Å². The highest BCUT2D eigenvalue weighted by atomic mass is 16.3. The summed E-state index contributed by atoms with van der Waals surface area (Å²) in [5.41, 5.74) is 2.95. The number of anilines is 2. The van der Waals surface area contributed by atoms with Crippen molar-refractivity contribution in [1.29, 1.82) is 0 Å². The third kappa shape index (κ3) is 4.04. The van der Waals surface area contributed by atoms with Gasteiger partial charge in [0.2, 0.25) is 11.8 Å². The van der Waals surface area contributed by atoms with E-state index >= 15 is 0 Å². The predicted molar refractivity (Wildman–Crippen MR) is 105 cm³/mol. The molecule has 5 nitrogen and oxygen atoms in total. The first-order chi connectivity index (χ1) is 12.4. The molecule has 3 rings (SSSR count). The van der Waals surface area contributed by atoms with Crippen molar-refractivity contribution >= 4 is 28.4 Å². The van der Waals surface area contributed by atoms with Gasteiger partial charge >= 0.3 is 0 Å². The standard InChI is InChI=1S/C21H25N3O2/c1-5-16(22-14-9-7-6-8-10-14)19(25)23-15-11-12-18-17(13-15)24-20(26-18)21(2,3)4/h6-13,16,22H,5H2,1-4H3,(H,23,25)/t16-/m1/s1. The number of amides is 1. The molecule has 1 atom stereocenters. The van der Waals surface area contributed by atoms with Crippen LogP contribution in [0.25, 0.3) is 11.1 Å². The Hall–Kier alpha value is -2.82. The molecule has 0 radical (unpaired) electrons. The van der Waals surface area contributed by atoms with Crippen molar-refractivity contribution in [1.82, 2.24) is 4.98 Å². The van der Waals surface area contributed by atoms with Crippen LogP contribution >= 0.6 is 0 Å². The van der Waals surface area contributed by atoms with Crippen LogP contribution in [0.5, 0.6) is 0 Å². The van der Waals surface area contributed by atoms with Gasteiger partial charge in [-0.25, -0.2) is 4.98 Å². The maximum absolute atomic E-state index is 12.6. The third-order valence-corrected chi connectivity index (χ3v) is 4.14. The molecule has 2 N–H and O–H groups in total. The molecule has 0 fully saturated rings. The van der Waals surface area contributed by atoms with Crippen molar-refractivity contribution in [2.75, 3.05) is 10.6 Å². The summed E-state index contributed by atoms with van der Waals surface area (Å²) in [6.07, 6.45) is 0.682. The summed E-state index contributed by atoms with van der Waals surface area (Å²) < 4.78 is 5.80. The summed E-state index contributed by atoms with van der Waals surface area (Å²) in [5, 5.41) is 6.23. The lowest BCUT2D eigenvalue weighted by Gasteiger charge is -2.18. The average Bonchev–Trinajstić information content (AvgIpc) is 3.04.